The lowest BCUT2D eigenvalue weighted by atomic mass is 10.1. The molecule has 0 radical (unpaired) electrons. The summed E-state index contributed by atoms with van der Waals surface area (Å²) < 4.78 is 39.3. The van der Waals surface area contributed by atoms with Gasteiger partial charge in [0.2, 0.25) is 0 Å². The molecule has 3 aromatic carbocycles. The monoisotopic (exact) mass is 411 g/mol. The van der Waals surface area contributed by atoms with Gasteiger partial charge in [0, 0.05) is 6.07 Å². The molecule has 0 saturated heterocycles. The maximum atomic E-state index is 13.7. The van der Waals surface area contributed by atoms with Gasteiger partial charge in [-0.3, -0.25) is 4.31 Å². The largest absolute Gasteiger partial charge is 0.497 e. The maximum Gasteiger partial charge on any atom is 0.264 e. The minimum Gasteiger partial charge on any atom is -0.497 e. The first-order valence-corrected chi connectivity index (χ1v) is 10.7. The van der Waals surface area contributed by atoms with Gasteiger partial charge in [-0.1, -0.05) is 35.9 Å². The predicted molar refractivity (Wildman–Crippen MR) is 115 cm³/mol. The zero-order chi connectivity index (χ0) is 21.0. The van der Waals surface area contributed by atoms with Gasteiger partial charge in [0.25, 0.3) is 10.0 Å². The maximum absolute atomic E-state index is 13.7. The van der Waals surface area contributed by atoms with Crippen molar-refractivity contribution in [3.8, 4) is 11.5 Å². The highest BCUT2D eigenvalue weighted by Crippen LogP contribution is 2.35. The summed E-state index contributed by atoms with van der Waals surface area (Å²) in [6.45, 7) is 3.87. The summed E-state index contributed by atoms with van der Waals surface area (Å²) in [5.74, 6) is 1.19. The third-order valence-electron chi connectivity index (χ3n) is 4.80. The third kappa shape index (κ3) is 4.38. The highest BCUT2D eigenvalue weighted by atomic mass is 32.2. The van der Waals surface area contributed by atoms with Crippen LogP contribution in [-0.2, 0) is 10.0 Å². The lowest BCUT2D eigenvalue weighted by molar-refractivity contribution is 0.414. The van der Waals surface area contributed by atoms with E-state index < -0.39 is 16.1 Å². The molecule has 0 fully saturated rings. The van der Waals surface area contributed by atoms with Crippen molar-refractivity contribution in [1.29, 1.82) is 0 Å². The number of ether oxygens (including phenoxy) is 2. The van der Waals surface area contributed by atoms with Crippen molar-refractivity contribution in [3.63, 3.8) is 0 Å². The van der Waals surface area contributed by atoms with Crippen molar-refractivity contribution in [2.24, 2.45) is 0 Å². The molecule has 5 nitrogen and oxygen atoms in total. The minimum atomic E-state index is -3.84. The molecule has 0 aliphatic heterocycles. The molecule has 0 aliphatic carbocycles. The van der Waals surface area contributed by atoms with Crippen LogP contribution < -0.4 is 13.8 Å². The first-order valence-electron chi connectivity index (χ1n) is 9.26. The van der Waals surface area contributed by atoms with Crippen molar-refractivity contribution in [1.82, 2.24) is 0 Å². The molecule has 1 unspecified atom stereocenters. The van der Waals surface area contributed by atoms with Crippen LogP contribution in [0.4, 0.5) is 5.69 Å². The van der Waals surface area contributed by atoms with Crippen LogP contribution in [0.5, 0.6) is 11.5 Å². The topological polar surface area (TPSA) is 55.8 Å². The fourth-order valence-electron chi connectivity index (χ4n) is 3.24. The van der Waals surface area contributed by atoms with Gasteiger partial charge in [0.05, 0.1) is 30.8 Å². The summed E-state index contributed by atoms with van der Waals surface area (Å²) in [7, 11) is -0.734. The van der Waals surface area contributed by atoms with Gasteiger partial charge in [-0.15, -0.1) is 0 Å². The number of hydrogen-bond acceptors (Lipinski definition) is 4. The number of hydrogen-bond donors (Lipinski definition) is 0. The average molecular weight is 412 g/mol. The van der Waals surface area contributed by atoms with E-state index >= 15 is 0 Å². The zero-order valence-electron chi connectivity index (χ0n) is 17.0. The quantitative estimate of drug-likeness (QED) is 0.551. The number of sulfonamides is 1. The van der Waals surface area contributed by atoms with Crippen LogP contribution in [0, 0.1) is 6.92 Å². The van der Waals surface area contributed by atoms with Crippen molar-refractivity contribution >= 4 is 15.7 Å². The second-order valence-corrected chi connectivity index (χ2v) is 8.58. The van der Waals surface area contributed by atoms with Gasteiger partial charge < -0.3 is 9.47 Å². The molecule has 3 rings (SSSR count). The molecule has 29 heavy (non-hydrogen) atoms. The van der Waals surface area contributed by atoms with Crippen LogP contribution in [0.3, 0.4) is 0 Å². The molecule has 0 bridgehead atoms. The Balaban J connectivity index is 2.15. The number of aryl methyl sites for hydroxylation is 1. The van der Waals surface area contributed by atoms with E-state index in [1.807, 2.05) is 38.1 Å². The Bertz CT molecular complexity index is 1080. The van der Waals surface area contributed by atoms with Crippen molar-refractivity contribution in [2.75, 3.05) is 18.5 Å². The third-order valence-corrected chi connectivity index (χ3v) is 6.71. The Morgan fingerprint density at radius 3 is 2.10 bits per heavy atom. The van der Waals surface area contributed by atoms with Gasteiger partial charge in [-0.05, 0) is 55.8 Å². The van der Waals surface area contributed by atoms with Gasteiger partial charge in [0.1, 0.15) is 11.5 Å². The minimum absolute atomic E-state index is 0.195. The van der Waals surface area contributed by atoms with E-state index in [1.54, 1.807) is 62.8 Å². The van der Waals surface area contributed by atoms with Crippen LogP contribution in [0.2, 0.25) is 0 Å². The summed E-state index contributed by atoms with van der Waals surface area (Å²) in [6, 6.07) is 20.9. The molecule has 1 atom stereocenters. The van der Waals surface area contributed by atoms with Crippen LogP contribution in [0.25, 0.3) is 0 Å². The summed E-state index contributed by atoms with van der Waals surface area (Å²) in [6.07, 6.45) is 0. The van der Waals surface area contributed by atoms with Gasteiger partial charge in [0.15, 0.2) is 0 Å². The average Bonchev–Trinajstić information content (AvgIpc) is 2.74. The summed E-state index contributed by atoms with van der Waals surface area (Å²) in [5, 5.41) is 0. The lowest BCUT2D eigenvalue weighted by Gasteiger charge is -2.31. The molecule has 0 amide bonds. The van der Waals surface area contributed by atoms with Gasteiger partial charge >= 0.3 is 0 Å². The van der Waals surface area contributed by atoms with Gasteiger partial charge in [-0.25, -0.2) is 8.42 Å². The number of anilines is 1. The highest BCUT2D eigenvalue weighted by Gasteiger charge is 2.30. The second-order valence-electron chi connectivity index (χ2n) is 6.77. The van der Waals surface area contributed by atoms with Crippen LogP contribution in [0.1, 0.15) is 24.1 Å². The van der Waals surface area contributed by atoms with Crippen molar-refractivity contribution in [3.05, 3.63) is 83.9 Å². The van der Waals surface area contributed by atoms with E-state index in [4.69, 9.17) is 9.47 Å². The molecular formula is C23H25NO4S. The summed E-state index contributed by atoms with van der Waals surface area (Å²) in [5.41, 5.74) is 2.51. The van der Waals surface area contributed by atoms with E-state index in [2.05, 4.69) is 0 Å². The van der Waals surface area contributed by atoms with Crippen LogP contribution in [-0.4, -0.2) is 22.6 Å². The first kappa shape index (κ1) is 20.7. The zero-order valence-corrected chi connectivity index (χ0v) is 17.8. The fraction of sp³-hybridized carbons (Fsp3) is 0.217. The van der Waals surface area contributed by atoms with E-state index in [9.17, 15) is 8.42 Å². The SMILES string of the molecule is COc1ccc(S(=O)(=O)N(c2cccc(OC)c2)C(C)c2cccc(C)c2)cc1. The summed E-state index contributed by atoms with van der Waals surface area (Å²) >= 11 is 0. The Labute approximate surface area is 172 Å². The van der Waals surface area contributed by atoms with Crippen molar-refractivity contribution < 1.29 is 17.9 Å². The first-order chi connectivity index (χ1) is 13.9. The molecule has 0 saturated carbocycles. The highest BCUT2D eigenvalue weighted by molar-refractivity contribution is 7.92. The molecule has 0 aliphatic rings. The number of nitrogens with zero attached hydrogens (tertiary/aromatic N) is 1. The van der Waals surface area contributed by atoms with E-state index in [-0.39, 0.29) is 4.90 Å². The number of rotatable bonds is 7. The molecular weight excluding hydrogens is 386 g/mol. The Morgan fingerprint density at radius 2 is 1.48 bits per heavy atom. The normalized spacial score (nSPS) is 12.3. The Hall–Kier alpha value is -2.99. The summed E-state index contributed by atoms with van der Waals surface area (Å²) in [4.78, 5) is 0.195. The van der Waals surface area contributed by atoms with Crippen LogP contribution >= 0.6 is 0 Å². The van der Waals surface area contributed by atoms with Crippen LogP contribution in [0.15, 0.2) is 77.7 Å². The molecule has 6 heteroatoms. The molecule has 152 valence electrons. The standard InChI is InChI=1S/C23H25NO4S/c1-17-7-5-8-19(15-17)18(2)24(20-9-6-10-22(16-20)28-4)29(25,26)23-13-11-21(27-3)12-14-23/h5-16,18H,1-4H3. The molecule has 0 heterocycles. The van der Waals surface area contributed by atoms with E-state index in [0.717, 1.165) is 11.1 Å². The Morgan fingerprint density at radius 1 is 0.828 bits per heavy atom. The lowest BCUT2D eigenvalue weighted by Crippen LogP contribution is -2.33. The smallest absolute Gasteiger partial charge is 0.264 e. The van der Waals surface area contributed by atoms with E-state index in [0.29, 0.717) is 17.2 Å². The van der Waals surface area contributed by atoms with Crippen molar-refractivity contribution in [2.45, 2.75) is 24.8 Å². The van der Waals surface area contributed by atoms with E-state index in [1.165, 1.54) is 4.31 Å². The fourth-order valence-corrected chi connectivity index (χ4v) is 4.88. The molecule has 0 spiro atoms. The predicted octanol–water partition coefficient (Wildman–Crippen LogP) is 4.97. The second kappa shape index (κ2) is 8.57. The number of benzene rings is 3. The van der Waals surface area contributed by atoms with Gasteiger partial charge in [-0.2, -0.15) is 0 Å². The number of methoxy groups -OCH3 is 2. The molecule has 0 aromatic heterocycles. The Kier molecular flexibility index (Phi) is 6.13. The molecule has 3 aromatic rings. The molecule has 0 N–H and O–H groups in total.